The first-order chi connectivity index (χ1) is 8.22. The van der Waals surface area contributed by atoms with Crippen molar-refractivity contribution in [2.75, 3.05) is 13.2 Å². The van der Waals surface area contributed by atoms with Gasteiger partial charge in [-0.15, -0.1) is 0 Å². The number of fused-ring (bicyclic) bond motifs is 1. The maximum absolute atomic E-state index is 10.8. The molecule has 3 atom stereocenters. The third kappa shape index (κ3) is 1.69. The molecule has 0 aliphatic carbocycles. The standard InChI is InChI=1S/C14H19NO2/c1-10-14(16,7-9-17-10)13-12-5-3-2-4-11(12)6-8-15-13/h2-5,10,13,15-16H,6-9H2,1H3. The Kier molecular flexibility index (Phi) is 2.69. The fourth-order valence-corrected chi connectivity index (χ4v) is 3.08. The van der Waals surface area contributed by atoms with Gasteiger partial charge in [0.15, 0.2) is 0 Å². The normalized spacial score (nSPS) is 36.8. The smallest absolute Gasteiger partial charge is 0.112 e. The Morgan fingerprint density at radius 1 is 1.41 bits per heavy atom. The molecule has 0 amide bonds. The molecule has 92 valence electrons. The second kappa shape index (κ2) is 4.09. The predicted molar refractivity (Wildman–Crippen MR) is 65.9 cm³/mol. The molecule has 1 saturated heterocycles. The molecule has 3 rings (SSSR count). The molecule has 2 N–H and O–H groups in total. The molecule has 1 aromatic carbocycles. The maximum Gasteiger partial charge on any atom is 0.112 e. The molecule has 17 heavy (non-hydrogen) atoms. The Morgan fingerprint density at radius 3 is 3.00 bits per heavy atom. The van der Waals surface area contributed by atoms with Gasteiger partial charge in [0.05, 0.1) is 12.1 Å². The predicted octanol–water partition coefficient (Wildman–Crippen LogP) is 1.41. The van der Waals surface area contributed by atoms with Crippen LogP contribution < -0.4 is 5.32 Å². The van der Waals surface area contributed by atoms with Crippen molar-refractivity contribution in [1.29, 1.82) is 0 Å². The zero-order chi connectivity index (χ0) is 11.9. The maximum atomic E-state index is 10.8. The summed E-state index contributed by atoms with van der Waals surface area (Å²) in [6.07, 6.45) is 1.64. The van der Waals surface area contributed by atoms with Gasteiger partial charge in [-0.25, -0.2) is 0 Å². The van der Waals surface area contributed by atoms with Gasteiger partial charge in [0.2, 0.25) is 0 Å². The summed E-state index contributed by atoms with van der Waals surface area (Å²) < 4.78 is 5.55. The first-order valence-corrected chi connectivity index (χ1v) is 6.37. The molecule has 1 fully saturated rings. The fourth-order valence-electron chi connectivity index (χ4n) is 3.08. The molecule has 3 unspecified atom stereocenters. The van der Waals surface area contributed by atoms with Crippen molar-refractivity contribution in [2.24, 2.45) is 0 Å². The van der Waals surface area contributed by atoms with E-state index in [0.29, 0.717) is 13.0 Å². The van der Waals surface area contributed by atoms with Crippen molar-refractivity contribution < 1.29 is 9.84 Å². The van der Waals surface area contributed by atoms with Crippen LogP contribution in [0.25, 0.3) is 0 Å². The van der Waals surface area contributed by atoms with E-state index in [0.717, 1.165) is 13.0 Å². The van der Waals surface area contributed by atoms with Crippen LogP contribution >= 0.6 is 0 Å². The summed E-state index contributed by atoms with van der Waals surface area (Å²) >= 11 is 0. The summed E-state index contributed by atoms with van der Waals surface area (Å²) in [6, 6.07) is 8.40. The molecule has 0 aromatic heterocycles. The van der Waals surface area contributed by atoms with E-state index in [9.17, 15) is 5.11 Å². The highest BCUT2D eigenvalue weighted by atomic mass is 16.5. The van der Waals surface area contributed by atoms with E-state index >= 15 is 0 Å². The van der Waals surface area contributed by atoms with Crippen LogP contribution in [0.5, 0.6) is 0 Å². The molecule has 2 heterocycles. The van der Waals surface area contributed by atoms with Gasteiger partial charge in [-0.3, -0.25) is 0 Å². The highest BCUT2D eigenvalue weighted by Crippen LogP contribution is 2.39. The van der Waals surface area contributed by atoms with Gasteiger partial charge >= 0.3 is 0 Å². The lowest BCUT2D eigenvalue weighted by molar-refractivity contribution is -0.0559. The van der Waals surface area contributed by atoms with Gasteiger partial charge in [0.25, 0.3) is 0 Å². The minimum absolute atomic E-state index is 0.00458. The van der Waals surface area contributed by atoms with Gasteiger partial charge < -0.3 is 15.2 Å². The zero-order valence-corrected chi connectivity index (χ0v) is 10.1. The molecular weight excluding hydrogens is 214 g/mol. The number of aliphatic hydroxyl groups is 1. The molecule has 2 aliphatic heterocycles. The highest BCUT2D eigenvalue weighted by Gasteiger charge is 2.47. The third-order valence-electron chi connectivity index (χ3n) is 4.18. The molecule has 0 spiro atoms. The number of benzene rings is 1. The lowest BCUT2D eigenvalue weighted by Gasteiger charge is -2.39. The Bertz CT molecular complexity index is 420. The Hall–Kier alpha value is -0.900. The lowest BCUT2D eigenvalue weighted by Crippen LogP contribution is -2.51. The summed E-state index contributed by atoms with van der Waals surface area (Å²) in [4.78, 5) is 0. The first kappa shape index (κ1) is 11.2. The van der Waals surface area contributed by atoms with Crippen molar-refractivity contribution in [2.45, 2.75) is 37.5 Å². The largest absolute Gasteiger partial charge is 0.385 e. The summed E-state index contributed by atoms with van der Waals surface area (Å²) in [5, 5.41) is 14.3. The summed E-state index contributed by atoms with van der Waals surface area (Å²) in [5.74, 6) is 0. The Labute approximate surface area is 102 Å². The van der Waals surface area contributed by atoms with E-state index in [1.54, 1.807) is 0 Å². The van der Waals surface area contributed by atoms with Crippen LogP contribution in [-0.2, 0) is 11.2 Å². The summed E-state index contributed by atoms with van der Waals surface area (Å²) in [6.45, 7) is 3.54. The van der Waals surface area contributed by atoms with Gasteiger partial charge in [-0.1, -0.05) is 24.3 Å². The molecular formula is C14H19NO2. The van der Waals surface area contributed by atoms with Gasteiger partial charge in [0, 0.05) is 13.0 Å². The number of rotatable bonds is 1. The fraction of sp³-hybridized carbons (Fsp3) is 0.571. The van der Waals surface area contributed by atoms with E-state index in [1.807, 2.05) is 13.0 Å². The van der Waals surface area contributed by atoms with Gasteiger partial charge in [-0.05, 0) is 31.0 Å². The van der Waals surface area contributed by atoms with Gasteiger partial charge in [0.1, 0.15) is 5.60 Å². The van der Waals surface area contributed by atoms with Crippen molar-refractivity contribution in [3.8, 4) is 0 Å². The van der Waals surface area contributed by atoms with E-state index < -0.39 is 5.60 Å². The molecule has 3 heteroatoms. The van der Waals surface area contributed by atoms with E-state index in [-0.39, 0.29) is 12.1 Å². The molecule has 0 saturated carbocycles. The van der Waals surface area contributed by atoms with Crippen LogP contribution in [-0.4, -0.2) is 30.0 Å². The molecule has 3 nitrogen and oxygen atoms in total. The number of ether oxygens (including phenoxy) is 1. The monoisotopic (exact) mass is 233 g/mol. The third-order valence-corrected chi connectivity index (χ3v) is 4.18. The van der Waals surface area contributed by atoms with Gasteiger partial charge in [-0.2, -0.15) is 0 Å². The Balaban J connectivity index is 2.00. The van der Waals surface area contributed by atoms with Crippen molar-refractivity contribution >= 4 is 0 Å². The average Bonchev–Trinajstić information content (AvgIpc) is 2.70. The highest BCUT2D eigenvalue weighted by molar-refractivity contribution is 5.35. The minimum Gasteiger partial charge on any atom is -0.385 e. The zero-order valence-electron chi connectivity index (χ0n) is 10.1. The first-order valence-electron chi connectivity index (χ1n) is 6.37. The number of nitrogens with one attached hydrogen (secondary N) is 1. The van der Waals surface area contributed by atoms with E-state index in [1.165, 1.54) is 11.1 Å². The van der Waals surface area contributed by atoms with Crippen molar-refractivity contribution in [1.82, 2.24) is 5.32 Å². The van der Waals surface area contributed by atoms with Crippen molar-refractivity contribution in [3.05, 3.63) is 35.4 Å². The minimum atomic E-state index is -0.767. The average molecular weight is 233 g/mol. The SMILES string of the molecule is CC1OCCC1(O)C1NCCc2ccccc21. The second-order valence-corrected chi connectivity index (χ2v) is 5.09. The van der Waals surface area contributed by atoms with Crippen LogP contribution in [0.3, 0.4) is 0 Å². The molecule has 0 radical (unpaired) electrons. The topological polar surface area (TPSA) is 41.5 Å². The summed E-state index contributed by atoms with van der Waals surface area (Å²) in [7, 11) is 0. The van der Waals surface area contributed by atoms with Crippen LogP contribution in [0.2, 0.25) is 0 Å². The van der Waals surface area contributed by atoms with Crippen LogP contribution in [0.15, 0.2) is 24.3 Å². The molecule has 0 bridgehead atoms. The lowest BCUT2D eigenvalue weighted by atomic mass is 9.79. The molecule has 2 aliphatic rings. The van der Waals surface area contributed by atoms with Crippen LogP contribution in [0.4, 0.5) is 0 Å². The number of hydrogen-bond acceptors (Lipinski definition) is 3. The summed E-state index contributed by atoms with van der Waals surface area (Å²) in [5.41, 5.74) is 1.82. The Morgan fingerprint density at radius 2 is 2.24 bits per heavy atom. The van der Waals surface area contributed by atoms with Crippen LogP contribution in [0, 0.1) is 0 Å². The van der Waals surface area contributed by atoms with Crippen molar-refractivity contribution in [3.63, 3.8) is 0 Å². The second-order valence-electron chi connectivity index (χ2n) is 5.09. The van der Waals surface area contributed by atoms with E-state index in [4.69, 9.17) is 4.74 Å². The van der Waals surface area contributed by atoms with E-state index in [2.05, 4.69) is 23.5 Å². The quantitative estimate of drug-likeness (QED) is 0.770. The number of hydrogen-bond donors (Lipinski definition) is 2. The van der Waals surface area contributed by atoms with Crippen LogP contribution in [0.1, 0.15) is 30.5 Å². The molecule has 1 aromatic rings.